The van der Waals surface area contributed by atoms with Crippen molar-refractivity contribution in [1.82, 2.24) is 4.98 Å². The van der Waals surface area contributed by atoms with Crippen molar-refractivity contribution >= 4 is 22.5 Å². The van der Waals surface area contributed by atoms with Crippen molar-refractivity contribution in [3.8, 4) is 5.75 Å². The second-order valence-corrected chi connectivity index (χ2v) is 5.97. The van der Waals surface area contributed by atoms with Crippen LogP contribution < -0.4 is 10.1 Å². The Morgan fingerprint density at radius 1 is 1.11 bits per heavy atom. The fourth-order valence-electron chi connectivity index (χ4n) is 2.65. The number of ether oxygens (including phenoxy) is 2. The first-order valence-corrected chi connectivity index (χ1v) is 8.34. The fourth-order valence-corrected chi connectivity index (χ4v) is 2.65. The highest BCUT2D eigenvalue weighted by atomic mass is 19.4. The molecule has 0 unspecified atom stereocenters. The Balaban J connectivity index is 1.71. The Bertz CT molecular complexity index is 973. The van der Waals surface area contributed by atoms with E-state index in [4.69, 9.17) is 4.74 Å². The molecule has 8 heteroatoms. The fraction of sp³-hybridized carbons (Fsp3) is 0.200. The van der Waals surface area contributed by atoms with Crippen LogP contribution in [-0.2, 0) is 11.3 Å². The molecule has 0 fully saturated rings. The summed E-state index contributed by atoms with van der Waals surface area (Å²) in [7, 11) is 1.54. The van der Waals surface area contributed by atoms with Crippen LogP contribution in [0.3, 0.4) is 0 Å². The molecule has 0 spiro atoms. The van der Waals surface area contributed by atoms with Gasteiger partial charge < -0.3 is 14.8 Å². The number of carbonyl (C=O) groups is 1. The number of carbonyl (C=O) groups excluding carboxylic acids is 1. The molecule has 146 valence electrons. The van der Waals surface area contributed by atoms with Crippen molar-refractivity contribution in [2.45, 2.75) is 12.8 Å². The van der Waals surface area contributed by atoms with Gasteiger partial charge in [-0.1, -0.05) is 12.1 Å². The SMILES string of the molecule is COc1ccc(NC(=O)c2ccc(COCC(F)(F)F)cc2)c2cccnc12. The number of pyridine rings is 1. The number of amides is 1. The van der Waals surface area contributed by atoms with Crippen LogP contribution in [0.5, 0.6) is 5.75 Å². The van der Waals surface area contributed by atoms with Gasteiger partial charge in [-0.3, -0.25) is 9.78 Å². The largest absolute Gasteiger partial charge is 0.494 e. The van der Waals surface area contributed by atoms with Crippen LogP contribution in [-0.4, -0.2) is 30.8 Å². The zero-order valence-corrected chi connectivity index (χ0v) is 14.9. The summed E-state index contributed by atoms with van der Waals surface area (Å²) < 4.78 is 46.2. The van der Waals surface area contributed by atoms with Crippen molar-refractivity contribution in [3.63, 3.8) is 0 Å². The lowest BCUT2D eigenvalue weighted by Gasteiger charge is -2.11. The van der Waals surface area contributed by atoms with Crippen LogP contribution in [0.2, 0.25) is 0 Å². The van der Waals surface area contributed by atoms with Crippen LogP contribution in [0.1, 0.15) is 15.9 Å². The molecule has 3 rings (SSSR count). The van der Waals surface area contributed by atoms with Crippen molar-refractivity contribution in [2.24, 2.45) is 0 Å². The monoisotopic (exact) mass is 390 g/mol. The van der Waals surface area contributed by atoms with Crippen LogP contribution in [0.25, 0.3) is 10.9 Å². The smallest absolute Gasteiger partial charge is 0.411 e. The number of aromatic nitrogens is 1. The number of alkyl halides is 3. The predicted molar refractivity (Wildman–Crippen MR) is 98.4 cm³/mol. The molecule has 0 saturated carbocycles. The number of nitrogens with one attached hydrogen (secondary N) is 1. The van der Waals surface area contributed by atoms with E-state index in [1.165, 1.54) is 12.1 Å². The highest BCUT2D eigenvalue weighted by Crippen LogP contribution is 2.30. The van der Waals surface area contributed by atoms with Gasteiger partial charge in [0.25, 0.3) is 5.91 Å². The summed E-state index contributed by atoms with van der Waals surface area (Å²) in [5.41, 5.74) is 2.11. The summed E-state index contributed by atoms with van der Waals surface area (Å²) >= 11 is 0. The second-order valence-electron chi connectivity index (χ2n) is 5.97. The second kappa shape index (κ2) is 8.26. The molecule has 1 heterocycles. The Labute approximate surface area is 159 Å². The Morgan fingerprint density at radius 2 is 1.86 bits per heavy atom. The third-order valence-electron chi connectivity index (χ3n) is 3.95. The van der Waals surface area contributed by atoms with Gasteiger partial charge in [-0.25, -0.2) is 0 Å². The zero-order valence-electron chi connectivity index (χ0n) is 14.9. The minimum absolute atomic E-state index is 0.184. The van der Waals surface area contributed by atoms with E-state index in [0.29, 0.717) is 28.1 Å². The summed E-state index contributed by atoms with van der Waals surface area (Å²) in [4.78, 5) is 16.8. The van der Waals surface area contributed by atoms with Gasteiger partial charge in [-0.2, -0.15) is 13.2 Å². The minimum Gasteiger partial charge on any atom is -0.494 e. The van der Waals surface area contributed by atoms with Crippen molar-refractivity contribution < 1.29 is 27.4 Å². The lowest BCUT2D eigenvalue weighted by molar-refractivity contribution is -0.176. The zero-order chi connectivity index (χ0) is 20.1. The van der Waals surface area contributed by atoms with E-state index in [2.05, 4.69) is 15.0 Å². The maximum atomic E-state index is 12.5. The molecule has 1 amide bonds. The molecule has 0 radical (unpaired) electrons. The highest BCUT2D eigenvalue weighted by Gasteiger charge is 2.27. The average molecular weight is 390 g/mol. The Kier molecular flexibility index (Phi) is 5.79. The van der Waals surface area contributed by atoms with Gasteiger partial charge in [0.2, 0.25) is 0 Å². The lowest BCUT2D eigenvalue weighted by Crippen LogP contribution is -2.16. The van der Waals surface area contributed by atoms with E-state index in [-0.39, 0.29) is 12.5 Å². The van der Waals surface area contributed by atoms with Gasteiger partial charge in [0.1, 0.15) is 17.9 Å². The van der Waals surface area contributed by atoms with Gasteiger partial charge in [-0.05, 0) is 42.0 Å². The van der Waals surface area contributed by atoms with Crippen LogP contribution in [0.15, 0.2) is 54.7 Å². The van der Waals surface area contributed by atoms with Crippen LogP contribution in [0.4, 0.5) is 18.9 Å². The van der Waals surface area contributed by atoms with Gasteiger partial charge >= 0.3 is 6.18 Å². The minimum atomic E-state index is -4.37. The van der Waals surface area contributed by atoms with E-state index < -0.39 is 12.8 Å². The summed E-state index contributed by atoms with van der Waals surface area (Å²) in [6.07, 6.45) is -2.73. The summed E-state index contributed by atoms with van der Waals surface area (Å²) in [5, 5.41) is 3.55. The molecular weight excluding hydrogens is 373 g/mol. The first-order valence-electron chi connectivity index (χ1n) is 8.34. The highest BCUT2D eigenvalue weighted by molar-refractivity contribution is 6.09. The molecule has 3 aromatic rings. The standard InChI is InChI=1S/C20H17F3N2O3/c1-27-17-9-8-16(15-3-2-10-24-18(15)17)25-19(26)14-6-4-13(5-7-14)11-28-12-20(21,22)23/h2-10H,11-12H2,1H3,(H,25,26). The first kappa shape index (κ1) is 19.6. The number of methoxy groups -OCH3 is 1. The van der Waals surface area contributed by atoms with E-state index in [0.717, 1.165) is 5.39 Å². The quantitative estimate of drug-likeness (QED) is 0.670. The van der Waals surface area contributed by atoms with Crippen LogP contribution in [0, 0.1) is 0 Å². The number of nitrogens with zero attached hydrogens (tertiary/aromatic N) is 1. The topological polar surface area (TPSA) is 60.5 Å². The van der Waals surface area contributed by atoms with Crippen molar-refractivity contribution in [2.75, 3.05) is 19.0 Å². The molecule has 5 nitrogen and oxygen atoms in total. The maximum absolute atomic E-state index is 12.5. The third-order valence-corrected chi connectivity index (χ3v) is 3.95. The maximum Gasteiger partial charge on any atom is 0.411 e. The normalized spacial score (nSPS) is 11.4. The lowest BCUT2D eigenvalue weighted by atomic mass is 10.1. The van der Waals surface area contributed by atoms with Crippen molar-refractivity contribution in [1.29, 1.82) is 0 Å². The van der Waals surface area contributed by atoms with E-state index in [1.54, 1.807) is 43.6 Å². The number of halogens is 3. The van der Waals surface area contributed by atoms with E-state index >= 15 is 0 Å². The average Bonchev–Trinajstić information content (AvgIpc) is 2.68. The summed E-state index contributed by atoms with van der Waals surface area (Å²) in [6, 6.07) is 13.2. The molecule has 28 heavy (non-hydrogen) atoms. The molecule has 1 N–H and O–H groups in total. The summed E-state index contributed by atoms with van der Waals surface area (Å²) in [5.74, 6) is 0.245. The van der Waals surface area contributed by atoms with Gasteiger partial charge in [0.05, 0.1) is 19.4 Å². The molecule has 0 aliphatic heterocycles. The van der Waals surface area contributed by atoms with Gasteiger partial charge in [-0.15, -0.1) is 0 Å². The van der Waals surface area contributed by atoms with Crippen LogP contribution >= 0.6 is 0 Å². The first-order chi connectivity index (χ1) is 13.4. The number of hydrogen-bond acceptors (Lipinski definition) is 4. The molecule has 0 atom stereocenters. The molecule has 0 aliphatic rings. The predicted octanol–water partition coefficient (Wildman–Crippen LogP) is 4.57. The van der Waals surface area contributed by atoms with Crippen molar-refractivity contribution in [3.05, 3.63) is 65.9 Å². The number of benzene rings is 2. The molecule has 0 aliphatic carbocycles. The molecular formula is C20H17F3N2O3. The number of fused-ring (bicyclic) bond motifs is 1. The molecule has 0 bridgehead atoms. The van der Waals surface area contributed by atoms with E-state index in [1.807, 2.05) is 6.07 Å². The number of anilines is 1. The number of hydrogen-bond donors (Lipinski definition) is 1. The Hall–Kier alpha value is -3.13. The number of rotatable bonds is 6. The van der Waals surface area contributed by atoms with Gasteiger partial charge in [0, 0.05) is 17.1 Å². The summed E-state index contributed by atoms with van der Waals surface area (Å²) in [6.45, 7) is -1.50. The molecule has 0 saturated heterocycles. The Morgan fingerprint density at radius 3 is 2.54 bits per heavy atom. The molecule has 1 aromatic heterocycles. The molecule has 2 aromatic carbocycles. The van der Waals surface area contributed by atoms with E-state index in [9.17, 15) is 18.0 Å². The van der Waals surface area contributed by atoms with Gasteiger partial charge in [0.15, 0.2) is 0 Å². The third kappa shape index (κ3) is 4.77.